The summed E-state index contributed by atoms with van der Waals surface area (Å²) in [5, 5.41) is 43.4. The first kappa shape index (κ1) is 29.7. The molecule has 12 heteroatoms. The Morgan fingerprint density at radius 3 is 2.38 bits per heavy atom. The lowest BCUT2D eigenvalue weighted by Crippen LogP contribution is -2.28. The molecule has 3 rings (SSSR count). The van der Waals surface area contributed by atoms with Gasteiger partial charge in [-0.3, -0.25) is 0 Å². The van der Waals surface area contributed by atoms with Crippen LogP contribution in [0.3, 0.4) is 0 Å². The monoisotopic (exact) mass is 551 g/mol. The highest BCUT2D eigenvalue weighted by Crippen LogP contribution is 2.36. The van der Waals surface area contributed by atoms with Gasteiger partial charge in [-0.2, -0.15) is 10.4 Å². The molecule has 0 aliphatic heterocycles. The first-order valence-corrected chi connectivity index (χ1v) is 14.0. The fourth-order valence-corrected chi connectivity index (χ4v) is 4.91. The number of hydrogen-bond donors (Lipinski definition) is 4. The largest absolute Gasteiger partial charge is 0.395 e. The van der Waals surface area contributed by atoms with Gasteiger partial charge in [-0.15, -0.1) is 5.11 Å². The maximum absolute atomic E-state index is 12.7. The number of rotatable bonds is 13. The van der Waals surface area contributed by atoms with Gasteiger partial charge in [-0.1, -0.05) is 18.2 Å². The molecular formula is C27H33N7O4S. The van der Waals surface area contributed by atoms with Crippen molar-refractivity contribution < 1.29 is 18.6 Å². The van der Waals surface area contributed by atoms with Crippen molar-refractivity contribution in [2.24, 2.45) is 10.2 Å². The van der Waals surface area contributed by atoms with Gasteiger partial charge in [0.15, 0.2) is 15.7 Å². The Morgan fingerprint density at radius 1 is 1.08 bits per heavy atom. The number of hydrogen-bond acceptors (Lipinski definition) is 11. The van der Waals surface area contributed by atoms with E-state index in [1.165, 1.54) is 12.1 Å². The number of nitrogens with zero attached hydrogens (tertiary/aromatic N) is 5. The molecule has 206 valence electrons. The lowest BCUT2D eigenvalue weighted by molar-refractivity contribution is 0.208. The van der Waals surface area contributed by atoms with Crippen LogP contribution >= 0.6 is 0 Å². The molecule has 2 aromatic carbocycles. The van der Waals surface area contributed by atoms with Crippen molar-refractivity contribution in [2.75, 3.05) is 49.7 Å². The van der Waals surface area contributed by atoms with Crippen molar-refractivity contribution in [3.8, 4) is 6.07 Å². The number of nitrogens with one attached hydrogen (secondary N) is 2. The van der Waals surface area contributed by atoms with Crippen LogP contribution in [0.1, 0.15) is 18.1 Å². The second-order valence-electron chi connectivity index (χ2n) is 9.03. The molecule has 11 nitrogen and oxygen atoms in total. The standard InChI is InChI=1S/C27H33N7O4S/c1-19(36)18-29-26-24(17-28)20(2)25(27(31-26)30-21-7-5-4-6-8-21)33-32-22-9-11-23(12-10-22)39(37,38)16-14-34(3)13-15-35/h4-12,19,35-36H,13-16,18H2,1-3H3,(H2,29,30,31). The zero-order valence-electron chi connectivity index (χ0n) is 22.2. The molecule has 3 aromatic rings. The van der Waals surface area contributed by atoms with Crippen molar-refractivity contribution >= 4 is 38.5 Å². The summed E-state index contributed by atoms with van der Waals surface area (Å²) < 4.78 is 25.4. The van der Waals surface area contributed by atoms with Gasteiger partial charge in [0.25, 0.3) is 0 Å². The van der Waals surface area contributed by atoms with Crippen LogP contribution in [0.4, 0.5) is 28.7 Å². The number of anilines is 3. The normalized spacial score (nSPS) is 12.4. The average Bonchev–Trinajstić information content (AvgIpc) is 2.91. The number of aliphatic hydroxyl groups excluding tert-OH is 2. The van der Waals surface area contributed by atoms with Crippen LogP contribution in [0.25, 0.3) is 0 Å². The van der Waals surface area contributed by atoms with Gasteiger partial charge < -0.3 is 25.7 Å². The molecule has 1 unspecified atom stereocenters. The molecule has 0 aliphatic rings. The number of nitriles is 1. The molecule has 4 N–H and O–H groups in total. The number of likely N-dealkylation sites (N-methyl/N-ethyl adjacent to an activating group) is 1. The lowest BCUT2D eigenvalue weighted by atomic mass is 10.1. The zero-order valence-corrected chi connectivity index (χ0v) is 23.0. The summed E-state index contributed by atoms with van der Waals surface area (Å²) in [6, 6.07) is 17.6. The summed E-state index contributed by atoms with van der Waals surface area (Å²) in [5.41, 5.74) is 2.34. The highest BCUT2D eigenvalue weighted by molar-refractivity contribution is 7.91. The van der Waals surface area contributed by atoms with Gasteiger partial charge in [-0.25, -0.2) is 13.4 Å². The van der Waals surface area contributed by atoms with E-state index < -0.39 is 15.9 Å². The fraction of sp³-hybridized carbons (Fsp3) is 0.333. The number of sulfone groups is 1. The molecular weight excluding hydrogens is 518 g/mol. The fourth-order valence-electron chi connectivity index (χ4n) is 3.58. The maximum Gasteiger partial charge on any atom is 0.179 e. The van der Waals surface area contributed by atoms with E-state index in [1.54, 1.807) is 37.9 Å². The SMILES string of the molecule is Cc1c(C#N)c(NCC(C)O)nc(Nc2ccccc2)c1N=Nc1ccc(S(=O)(=O)CCN(C)CCO)cc1. The third kappa shape index (κ3) is 8.30. The third-order valence-electron chi connectivity index (χ3n) is 5.81. The third-order valence-corrected chi connectivity index (χ3v) is 7.52. The minimum absolute atomic E-state index is 0.0369. The van der Waals surface area contributed by atoms with Crippen molar-refractivity contribution in [1.82, 2.24) is 9.88 Å². The summed E-state index contributed by atoms with van der Waals surface area (Å²) in [5.74, 6) is 0.601. The summed E-state index contributed by atoms with van der Waals surface area (Å²) in [6.07, 6.45) is -0.642. The van der Waals surface area contributed by atoms with E-state index in [9.17, 15) is 18.8 Å². The second-order valence-corrected chi connectivity index (χ2v) is 11.1. The Morgan fingerprint density at radius 2 is 1.77 bits per heavy atom. The van der Waals surface area contributed by atoms with E-state index in [2.05, 4.69) is 31.9 Å². The maximum atomic E-state index is 12.7. The van der Waals surface area contributed by atoms with E-state index >= 15 is 0 Å². The Balaban J connectivity index is 1.91. The minimum Gasteiger partial charge on any atom is -0.395 e. The van der Waals surface area contributed by atoms with E-state index in [0.717, 1.165) is 5.69 Å². The highest BCUT2D eigenvalue weighted by atomic mass is 32.2. The van der Waals surface area contributed by atoms with Crippen molar-refractivity contribution in [1.29, 1.82) is 5.26 Å². The molecule has 0 radical (unpaired) electrons. The smallest absolute Gasteiger partial charge is 0.179 e. The number of benzene rings is 2. The number of pyridine rings is 1. The quantitative estimate of drug-likeness (QED) is 0.231. The minimum atomic E-state index is -3.51. The van der Waals surface area contributed by atoms with E-state index in [0.29, 0.717) is 41.7 Å². The molecule has 1 atom stereocenters. The van der Waals surface area contributed by atoms with Crippen LogP contribution in [0.5, 0.6) is 0 Å². The Kier molecular flexibility index (Phi) is 10.5. The van der Waals surface area contributed by atoms with Crippen LogP contribution in [-0.2, 0) is 9.84 Å². The Hall–Kier alpha value is -3.89. The number of aliphatic hydroxyl groups is 2. The second kappa shape index (κ2) is 13.8. The Labute approximate surface area is 228 Å². The molecule has 0 spiro atoms. The van der Waals surface area contributed by atoms with Gasteiger partial charge >= 0.3 is 0 Å². The number of azo groups is 1. The predicted molar refractivity (Wildman–Crippen MR) is 151 cm³/mol. The van der Waals surface area contributed by atoms with Crippen LogP contribution in [0, 0.1) is 18.3 Å². The zero-order chi connectivity index (χ0) is 28.4. The predicted octanol–water partition coefficient (Wildman–Crippen LogP) is 3.91. The van der Waals surface area contributed by atoms with E-state index in [1.807, 2.05) is 30.3 Å². The summed E-state index contributed by atoms with van der Waals surface area (Å²) in [6.45, 7) is 4.24. The van der Waals surface area contributed by atoms with Gasteiger partial charge in [-0.05, 0) is 57.3 Å². The number of para-hydroxylation sites is 1. The average molecular weight is 552 g/mol. The van der Waals surface area contributed by atoms with Gasteiger partial charge in [0.2, 0.25) is 0 Å². The lowest BCUT2D eigenvalue weighted by Gasteiger charge is -2.16. The van der Waals surface area contributed by atoms with Crippen molar-refractivity contribution in [2.45, 2.75) is 24.8 Å². The summed E-state index contributed by atoms with van der Waals surface area (Å²) in [7, 11) is -1.76. The molecule has 0 bridgehead atoms. The van der Waals surface area contributed by atoms with Crippen molar-refractivity contribution in [3.05, 3.63) is 65.7 Å². The molecule has 39 heavy (non-hydrogen) atoms. The van der Waals surface area contributed by atoms with Gasteiger partial charge in [0.05, 0.1) is 34.6 Å². The van der Waals surface area contributed by atoms with Crippen LogP contribution in [-0.4, -0.2) is 73.7 Å². The number of aromatic nitrogens is 1. The van der Waals surface area contributed by atoms with E-state index in [-0.39, 0.29) is 29.4 Å². The summed E-state index contributed by atoms with van der Waals surface area (Å²) in [4.78, 5) is 6.49. The first-order chi connectivity index (χ1) is 18.6. The van der Waals surface area contributed by atoms with E-state index in [4.69, 9.17) is 5.11 Å². The molecule has 1 heterocycles. The molecule has 0 saturated heterocycles. The highest BCUT2D eigenvalue weighted by Gasteiger charge is 2.19. The topological polar surface area (TPSA) is 163 Å². The van der Waals surface area contributed by atoms with Crippen LogP contribution < -0.4 is 10.6 Å². The van der Waals surface area contributed by atoms with Gasteiger partial charge in [0, 0.05) is 30.9 Å². The van der Waals surface area contributed by atoms with Gasteiger partial charge in [0.1, 0.15) is 17.6 Å². The molecule has 0 amide bonds. The first-order valence-electron chi connectivity index (χ1n) is 12.4. The van der Waals surface area contributed by atoms with Crippen molar-refractivity contribution in [3.63, 3.8) is 0 Å². The Bertz CT molecular complexity index is 1420. The molecule has 1 aromatic heterocycles. The van der Waals surface area contributed by atoms with Crippen LogP contribution in [0.2, 0.25) is 0 Å². The molecule has 0 aliphatic carbocycles. The van der Waals surface area contributed by atoms with Crippen LogP contribution in [0.15, 0.2) is 69.7 Å². The molecule has 0 fully saturated rings. The molecule has 0 saturated carbocycles. The summed E-state index contributed by atoms with van der Waals surface area (Å²) >= 11 is 0.